The molecule has 23 heavy (non-hydrogen) atoms. The molecule has 1 N–H and O–H groups in total. The molecule has 2 heterocycles. The van der Waals surface area contributed by atoms with E-state index < -0.39 is 16.1 Å². The lowest BCUT2D eigenvalue weighted by Crippen LogP contribution is -2.45. The molecule has 0 fully saturated rings. The van der Waals surface area contributed by atoms with Gasteiger partial charge in [-0.2, -0.15) is 8.42 Å². The van der Waals surface area contributed by atoms with E-state index in [1.807, 2.05) is 19.1 Å². The van der Waals surface area contributed by atoms with Gasteiger partial charge in [0.2, 0.25) is 0 Å². The first-order valence-electron chi connectivity index (χ1n) is 7.52. The van der Waals surface area contributed by atoms with Gasteiger partial charge < -0.3 is 4.42 Å². The van der Waals surface area contributed by atoms with E-state index >= 15 is 0 Å². The van der Waals surface area contributed by atoms with Gasteiger partial charge >= 0.3 is 16.1 Å². The first kappa shape index (κ1) is 15.6. The Kier molecular flexibility index (Phi) is 4.12. The predicted octanol–water partition coefficient (Wildman–Crippen LogP) is 2.27. The summed E-state index contributed by atoms with van der Waals surface area (Å²) in [4.78, 5) is 12.1. The molecule has 0 unspecified atom stereocenters. The fraction of sp³-hybridized carbons (Fsp3) is 0.312. The highest BCUT2D eigenvalue weighted by molar-refractivity contribution is 7.91. The molecule has 0 saturated heterocycles. The molecular weight excluding hydrogens is 316 g/mol. The number of fused-ring (bicyclic) bond motifs is 1. The van der Waals surface area contributed by atoms with Crippen LogP contribution in [0.3, 0.4) is 0 Å². The smallest absolute Gasteiger partial charge is 0.326 e. The van der Waals surface area contributed by atoms with Crippen molar-refractivity contribution in [3.63, 3.8) is 0 Å². The van der Waals surface area contributed by atoms with Crippen molar-refractivity contribution in [1.82, 2.24) is 4.72 Å². The van der Waals surface area contributed by atoms with Crippen molar-refractivity contribution >= 4 is 21.8 Å². The van der Waals surface area contributed by atoms with Crippen molar-refractivity contribution in [2.24, 2.45) is 0 Å². The van der Waals surface area contributed by atoms with Crippen molar-refractivity contribution in [3.8, 4) is 0 Å². The third-order valence-corrected chi connectivity index (χ3v) is 5.22. The van der Waals surface area contributed by atoms with Crippen LogP contribution in [0.2, 0.25) is 0 Å². The number of aryl methyl sites for hydroxylation is 2. The molecule has 1 amide bonds. The Morgan fingerprint density at radius 3 is 2.78 bits per heavy atom. The van der Waals surface area contributed by atoms with Crippen LogP contribution in [0.25, 0.3) is 0 Å². The maximum Gasteiger partial charge on any atom is 0.326 e. The van der Waals surface area contributed by atoms with E-state index in [1.165, 1.54) is 10.4 Å². The van der Waals surface area contributed by atoms with Crippen molar-refractivity contribution in [1.29, 1.82) is 0 Å². The van der Waals surface area contributed by atoms with E-state index in [-0.39, 0.29) is 5.76 Å². The van der Waals surface area contributed by atoms with Gasteiger partial charge in [0.15, 0.2) is 5.76 Å². The molecule has 6 nitrogen and oxygen atoms in total. The quantitative estimate of drug-likeness (QED) is 0.930. The maximum atomic E-state index is 12.6. The van der Waals surface area contributed by atoms with Crippen molar-refractivity contribution < 1.29 is 17.6 Å². The number of anilines is 1. The normalized spacial score (nSPS) is 14.4. The van der Waals surface area contributed by atoms with Gasteiger partial charge in [0.1, 0.15) is 5.76 Å². The van der Waals surface area contributed by atoms with E-state index in [2.05, 4.69) is 4.72 Å². The van der Waals surface area contributed by atoms with Gasteiger partial charge in [-0.1, -0.05) is 25.1 Å². The summed E-state index contributed by atoms with van der Waals surface area (Å²) in [7, 11) is -3.97. The number of furan rings is 1. The zero-order valence-corrected chi connectivity index (χ0v) is 13.6. The number of amides is 1. The van der Waals surface area contributed by atoms with Gasteiger partial charge in [-0.05, 0) is 36.6 Å². The average Bonchev–Trinajstić information content (AvgIpc) is 3.03. The van der Waals surface area contributed by atoms with Crippen LogP contribution in [0.5, 0.6) is 0 Å². The largest absolute Gasteiger partial charge is 0.456 e. The number of carbonyl (C=O) groups is 1. The predicted molar refractivity (Wildman–Crippen MR) is 86.6 cm³/mol. The second-order valence-electron chi connectivity index (χ2n) is 5.36. The molecule has 0 spiro atoms. The summed E-state index contributed by atoms with van der Waals surface area (Å²) >= 11 is 0. The molecule has 0 atom stereocenters. The van der Waals surface area contributed by atoms with E-state index in [1.54, 1.807) is 18.2 Å². The molecule has 0 aliphatic carbocycles. The fourth-order valence-corrected chi connectivity index (χ4v) is 3.91. The van der Waals surface area contributed by atoms with E-state index in [0.29, 0.717) is 30.8 Å². The zero-order valence-electron chi connectivity index (χ0n) is 12.8. The van der Waals surface area contributed by atoms with Gasteiger partial charge in [0.25, 0.3) is 0 Å². The van der Waals surface area contributed by atoms with Gasteiger partial charge in [0, 0.05) is 13.0 Å². The number of rotatable bonds is 4. The van der Waals surface area contributed by atoms with Crippen molar-refractivity contribution in [3.05, 3.63) is 53.5 Å². The minimum atomic E-state index is -3.97. The third-order valence-electron chi connectivity index (χ3n) is 3.81. The summed E-state index contributed by atoms with van der Waals surface area (Å²) in [5.41, 5.74) is 1.58. The Labute approximate surface area is 135 Å². The lowest BCUT2D eigenvalue weighted by molar-refractivity contribution is 0.0952. The Morgan fingerprint density at radius 1 is 1.26 bits per heavy atom. The summed E-state index contributed by atoms with van der Waals surface area (Å²) in [6.45, 7) is 2.24. The van der Waals surface area contributed by atoms with Gasteiger partial charge in [0.05, 0.1) is 5.69 Å². The highest BCUT2D eigenvalue weighted by atomic mass is 32.2. The molecule has 3 rings (SSSR count). The second-order valence-corrected chi connectivity index (χ2v) is 6.96. The van der Waals surface area contributed by atoms with Gasteiger partial charge in [-0.25, -0.2) is 4.72 Å². The van der Waals surface area contributed by atoms with Crippen LogP contribution in [-0.2, 0) is 23.1 Å². The highest BCUT2D eigenvalue weighted by Gasteiger charge is 2.29. The maximum absolute atomic E-state index is 12.6. The Balaban J connectivity index is 1.84. The minimum Gasteiger partial charge on any atom is -0.456 e. The molecule has 1 aromatic carbocycles. The van der Waals surface area contributed by atoms with Crippen LogP contribution < -0.4 is 9.03 Å². The molecule has 2 aromatic rings. The summed E-state index contributed by atoms with van der Waals surface area (Å²) in [5.74, 6) is -0.126. The molecule has 1 aliphatic heterocycles. The molecular formula is C16H18N2O4S. The van der Waals surface area contributed by atoms with Crippen molar-refractivity contribution in [2.45, 2.75) is 26.2 Å². The SMILES string of the molecule is CCc1ccc(C(=O)NS(=O)(=O)N2CCCc3ccccc32)o1. The van der Waals surface area contributed by atoms with Crippen LogP contribution in [0.15, 0.2) is 40.8 Å². The monoisotopic (exact) mass is 334 g/mol. The molecule has 0 saturated carbocycles. The number of para-hydroxylation sites is 1. The number of carbonyl (C=O) groups excluding carboxylic acids is 1. The molecule has 7 heteroatoms. The third kappa shape index (κ3) is 3.10. The Hall–Kier alpha value is -2.28. The lowest BCUT2D eigenvalue weighted by atomic mass is 10.0. The van der Waals surface area contributed by atoms with Crippen LogP contribution in [0.4, 0.5) is 5.69 Å². The molecule has 122 valence electrons. The van der Waals surface area contributed by atoms with Crippen LogP contribution in [-0.4, -0.2) is 20.9 Å². The fourth-order valence-electron chi connectivity index (χ4n) is 2.66. The second kappa shape index (κ2) is 6.08. The average molecular weight is 334 g/mol. The van der Waals surface area contributed by atoms with Crippen molar-refractivity contribution in [2.75, 3.05) is 10.8 Å². The number of benzene rings is 1. The first-order chi connectivity index (χ1) is 11.0. The summed E-state index contributed by atoms with van der Waals surface area (Å²) in [6, 6.07) is 10.5. The Morgan fingerprint density at radius 2 is 2.04 bits per heavy atom. The van der Waals surface area contributed by atoms with Crippen LogP contribution >= 0.6 is 0 Å². The van der Waals surface area contributed by atoms with Crippen LogP contribution in [0, 0.1) is 0 Å². The lowest BCUT2D eigenvalue weighted by Gasteiger charge is -2.30. The van der Waals surface area contributed by atoms with Crippen LogP contribution in [0.1, 0.15) is 35.2 Å². The molecule has 1 aromatic heterocycles. The number of nitrogens with zero attached hydrogens (tertiary/aromatic N) is 1. The van der Waals surface area contributed by atoms with Gasteiger partial charge in [-0.3, -0.25) is 9.10 Å². The molecule has 0 radical (unpaired) electrons. The van der Waals surface area contributed by atoms with Gasteiger partial charge in [-0.15, -0.1) is 0 Å². The summed E-state index contributed by atoms with van der Waals surface area (Å²) in [5, 5.41) is 0. The summed E-state index contributed by atoms with van der Waals surface area (Å²) < 4.78 is 33.8. The minimum absolute atomic E-state index is 0.00396. The number of hydrogen-bond donors (Lipinski definition) is 1. The number of nitrogens with one attached hydrogen (secondary N) is 1. The highest BCUT2D eigenvalue weighted by Crippen LogP contribution is 2.28. The topological polar surface area (TPSA) is 79.6 Å². The molecule has 1 aliphatic rings. The first-order valence-corrected chi connectivity index (χ1v) is 8.96. The Bertz CT molecular complexity index is 826. The number of hydrogen-bond acceptors (Lipinski definition) is 4. The molecule has 0 bridgehead atoms. The van der Waals surface area contributed by atoms with E-state index in [4.69, 9.17) is 4.42 Å². The van der Waals surface area contributed by atoms with E-state index in [0.717, 1.165) is 12.0 Å². The zero-order chi connectivity index (χ0) is 16.4. The standard InChI is InChI=1S/C16H18N2O4S/c1-2-13-9-10-15(22-13)16(19)17-23(20,21)18-11-5-7-12-6-3-4-8-14(12)18/h3-4,6,8-10H,2,5,7,11H2,1H3,(H,17,19). The van der Waals surface area contributed by atoms with E-state index in [9.17, 15) is 13.2 Å². The summed E-state index contributed by atoms with van der Waals surface area (Å²) in [6.07, 6.45) is 2.18.